The van der Waals surface area contributed by atoms with Crippen LogP contribution in [-0.4, -0.2) is 18.0 Å². The van der Waals surface area contributed by atoms with E-state index in [0.717, 1.165) is 6.08 Å². The topological polar surface area (TPSA) is 79.2 Å². The van der Waals surface area contributed by atoms with E-state index in [2.05, 4.69) is 5.32 Å². The Labute approximate surface area is 154 Å². The van der Waals surface area contributed by atoms with Crippen molar-refractivity contribution in [2.75, 3.05) is 5.32 Å². The summed E-state index contributed by atoms with van der Waals surface area (Å²) in [5.41, 5.74) is 0.978. The van der Waals surface area contributed by atoms with Crippen molar-refractivity contribution >= 4 is 35.2 Å². The number of nitrogens with one attached hydrogen (secondary N) is 1. The van der Waals surface area contributed by atoms with Crippen LogP contribution in [0.25, 0.3) is 6.08 Å². The molecule has 0 saturated carbocycles. The highest BCUT2D eigenvalue weighted by atomic mass is 35.5. The molecule has 0 unspecified atom stereocenters. The van der Waals surface area contributed by atoms with Gasteiger partial charge in [-0.2, -0.15) is 5.26 Å². The summed E-state index contributed by atoms with van der Waals surface area (Å²) in [5.74, 6) is -1.93. The predicted octanol–water partition coefficient (Wildman–Crippen LogP) is 3.93. The molecule has 0 bridgehead atoms. The predicted molar refractivity (Wildman–Crippen MR) is 95.8 cm³/mol. The first-order chi connectivity index (χ1) is 12.4. The molecule has 132 valence electrons. The second-order valence-electron chi connectivity index (χ2n) is 5.23. The first kappa shape index (κ1) is 19.2. The summed E-state index contributed by atoms with van der Waals surface area (Å²) in [5, 5.41) is 11.4. The SMILES string of the molecule is C[C@@H](OC(=O)/C=C/c1c(F)cccc1Cl)C(=O)Nc1ccc(C#N)cc1. The van der Waals surface area contributed by atoms with Crippen LogP contribution in [0.4, 0.5) is 10.1 Å². The Morgan fingerprint density at radius 1 is 1.27 bits per heavy atom. The fourth-order valence-electron chi connectivity index (χ4n) is 1.96. The van der Waals surface area contributed by atoms with Gasteiger partial charge in [0.1, 0.15) is 5.82 Å². The minimum Gasteiger partial charge on any atom is -0.449 e. The number of carbonyl (C=O) groups excluding carboxylic acids is 2. The van der Waals surface area contributed by atoms with Gasteiger partial charge in [-0.3, -0.25) is 4.79 Å². The minimum absolute atomic E-state index is 0.0563. The molecule has 0 radical (unpaired) electrons. The molecule has 2 aromatic carbocycles. The molecule has 1 N–H and O–H groups in total. The summed E-state index contributed by atoms with van der Waals surface area (Å²) in [6.45, 7) is 1.40. The van der Waals surface area contributed by atoms with Crippen molar-refractivity contribution in [2.45, 2.75) is 13.0 Å². The summed E-state index contributed by atoms with van der Waals surface area (Å²) < 4.78 is 18.6. The van der Waals surface area contributed by atoms with Gasteiger partial charge in [0.05, 0.1) is 16.7 Å². The van der Waals surface area contributed by atoms with Gasteiger partial charge in [0.2, 0.25) is 0 Å². The van der Waals surface area contributed by atoms with Crippen LogP contribution < -0.4 is 5.32 Å². The lowest BCUT2D eigenvalue weighted by Gasteiger charge is -2.12. The van der Waals surface area contributed by atoms with Gasteiger partial charge < -0.3 is 10.1 Å². The lowest BCUT2D eigenvalue weighted by atomic mass is 10.2. The van der Waals surface area contributed by atoms with Gasteiger partial charge in [0.15, 0.2) is 6.10 Å². The molecule has 2 rings (SSSR count). The van der Waals surface area contributed by atoms with Gasteiger partial charge in [-0.25, -0.2) is 9.18 Å². The average molecular weight is 373 g/mol. The Morgan fingerprint density at radius 2 is 1.96 bits per heavy atom. The number of esters is 1. The number of nitrogens with zero attached hydrogens (tertiary/aromatic N) is 1. The summed E-state index contributed by atoms with van der Waals surface area (Å²) in [4.78, 5) is 23.8. The zero-order valence-corrected chi connectivity index (χ0v) is 14.5. The molecule has 7 heteroatoms. The van der Waals surface area contributed by atoms with E-state index in [4.69, 9.17) is 21.6 Å². The van der Waals surface area contributed by atoms with E-state index in [1.807, 2.05) is 6.07 Å². The zero-order chi connectivity index (χ0) is 19.1. The molecule has 5 nitrogen and oxygen atoms in total. The normalized spacial score (nSPS) is 11.6. The Balaban J connectivity index is 1.94. The third kappa shape index (κ3) is 5.16. The Kier molecular flexibility index (Phi) is 6.48. The maximum Gasteiger partial charge on any atom is 0.331 e. The molecule has 2 aromatic rings. The maximum absolute atomic E-state index is 13.6. The number of hydrogen-bond acceptors (Lipinski definition) is 4. The van der Waals surface area contributed by atoms with Crippen LogP contribution in [0.3, 0.4) is 0 Å². The number of amides is 1. The molecule has 0 aliphatic carbocycles. The molecule has 0 spiro atoms. The summed E-state index contributed by atoms with van der Waals surface area (Å²) in [6.07, 6.45) is 1.11. The number of carbonyl (C=O) groups is 2. The Bertz CT molecular complexity index is 868. The molecular formula is C19H14ClFN2O3. The molecule has 0 heterocycles. The van der Waals surface area contributed by atoms with Crippen molar-refractivity contribution in [1.29, 1.82) is 5.26 Å². The van der Waals surface area contributed by atoms with Crippen LogP contribution in [0.2, 0.25) is 5.02 Å². The lowest BCUT2D eigenvalue weighted by molar-refractivity contribution is -0.148. The van der Waals surface area contributed by atoms with Crippen LogP contribution in [0, 0.1) is 17.1 Å². The van der Waals surface area contributed by atoms with Gasteiger partial charge in [-0.15, -0.1) is 0 Å². The van der Waals surface area contributed by atoms with E-state index in [1.54, 1.807) is 24.3 Å². The number of ether oxygens (including phenoxy) is 1. The minimum atomic E-state index is -1.07. The summed E-state index contributed by atoms with van der Waals surface area (Å²) in [6, 6.07) is 12.3. The van der Waals surface area contributed by atoms with Gasteiger partial charge >= 0.3 is 5.97 Å². The molecule has 1 atom stereocenters. The highest BCUT2D eigenvalue weighted by Crippen LogP contribution is 2.20. The lowest BCUT2D eigenvalue weighted by Crippen LogP contribution is -2.29. The first-order valence-electron chi connectivity index (χ1n) is 7.54. The van der Waals surface area contributed by atoms with Gasteiger partial charge in [-0.05, 0) is 49.4 Å². The van der Waals surface area contributed by atoms with E-state index in [0.29, 0.717) is 11.3 Å². The molecule has 0 aliphatic rings. The molecule has 0 fully saturated rings. The second-order valence-corrected chi connectivity index (χ2v) is 5.63. The van der Waals surface area contributed by atoms with E-state index in [1.165, 1.54) is 31.2 Å². The molecular weight excluding hydrogens is 359 g/mol. The smallest absolute Gasteiger partial charge is 0.331 e. The molecule has 1 amide bonds. The van der Waals surface area contributed by atoms with E-state index < -0.39 is 23.8 Å². The van der Waals surface area contributed by atoms with Crippen LogP contribution in [0.1, 0.15) is 18.1 Å². The van der Waals surface area contributed by atoms with Crippen molar-refractivity contribution in [3.05, 3.63) is 70.5 Å². The number of hydrogen-bond donors (Lipinski definition) is 1. The molecule has 26 heavy (non-hydrogen) atoms. The highest BCUT2D eigenvalue weighted by Gasteiger charge is 2.17. The van der Waals surface area contributed by atoms with Crippen LogP contribution in [0.5, 0.6) is 0 Å². The van der Waals surface area contributed by atoms with Crippen LogP contribution in [-0.2, 0) is 14.3 Å². The maximum atomic E-state index is 13.6. The molecule has 0 aromatic heterocycles. The van der Waals surface area contributed by atoms with E-state index in [-0.39, 0.29) is 10.6 Å². The van der Waals surface area contributed by atoms with Gasteiger partial charge in [0.25, 0.3) is 5.91 Å². The van der Waals surface area contributed by atoms with Gasteiger partial charge in [0, 0.05) is 17.3 Å². The third-order valence-corrected chi connectivity index (χ3v) is 3.66. The Hall–Kier alpha value is -3.17. The fraction of sp³-hybridized carbons (Fsp3) is 0.105. The summed E-state index contributed by atoms with van der Waals surface area (Å²) in [7, 11) is 0. The number of benzene rings is 2. The van der Waals surface area contributed by atoms with Crippen molar-refractivity contribution in [3.8, 4) is 6.07 Å². The summed E-state index contributed by atoms with van der Waals surface area (Å²) >= 11 is 5.85. The first-order valence-corrected chi connectivity index (χ1v) is 7.92. The Morgan fingerprint density at radius 3 is 2.58 bits per heavy atom. The number of rotatable bonds is 5. The monoisotopic (exact) mass is 372 g/mol. The van der Waals surface area contributed by atoms with Crippen LogP contribution in [0.15, 0.2) is 48.5 Å². The molecule has 0 aliphatic heterocycles. The second kappa shape index (κ2) is 8.79. The van der Waals surface area contributed by atoms with Gasteiger partial charge in [-0.1, -0.05) is 17.7 Å². The van der Waals surface area contributed by atoms with E-state index >= 15 is 0 Å². The van der Waals surface area contributed by atoms with Crippen molar-refractivity contribution < 1.29 is 18.7 Å². The highest BCUT2D eigenvalue weighted by molar-refractivity contribution is 6.32. The average Bonchev–Trinajstić information content (AvgIpc) is 2.61. The molecule has 0 saturated heterocycles. The van der Waals surface area contributed by atoms with E-state index in [9.17, 15) is 14.0 Å². The van der Waals surface area contributed by atoms with Crippen molar-refractivity contribution in [3.63, 3.8) is 0 Å². The zero-order valence-electron chi connectivity index (χ0n) is 13.7. The fourth-order valence-corrected chi connectivity index (χ4v) is 2.19. The standard InChI is InChI=1S/C19H14ClFN2O3/c1-12(19(25)23-14-7-5-13(11-22)6-8-14)26-18(24)10-9-15-16(20)3-2-4-17(15)21/h2-10,12H,1H3,(H,23,25)/b10-9+/t12-/m1/s1. The van der Waals surface area contributed by atoms with Crippen LogP contribution >= 0.6 is 11.6 Å². The number of anilines is 1. The number of nitriles is 1. The third-order valence-electron chi connectivity index (χ3n) is 3.33. The largest absolute Gasteiger partial charge is 0.449 e. The quantitative estimate of drug-likeness (QED) is 0.637. The van der Waals surface area contributed by atoms with Crippen molar-refractivity contribution in [1.82, 2.24) is 0 Å². The number of halogens is 2. The van der Waals surface area contributed by atoms with Crippen molar-refractivity contribution in [2.24, 2.45) is 0 Å².